The molecule has 0 saturated heterocycles. The van der Waals surface area contributed by atoms with Gasteiger partial charge in [0.1, 0.15) is 0 Å². The van der Waals surface area contributed by atoms with Crippen molar-refractivity contribution < 1.29 is 5.11 Å². The molecule has 0 aromatic heterocycles. The Morgan fingerprint density at radius 3 is 2.54 bits per heavy atom. The molecular weight excluding hydrogens is 162 g/mol. The Hall–Kier alpha value is -0.520. The molecule has 0 aliphatic rings. The smallest absolute Gasteiger partial charge is 0.0603 e. The lowest BCUT2D eigenvalue weighted by Crippen LogP contribution is -2.33. The average molecular weight is 183 g/mol. The van der Waals surface area contributed by atoms with Gasteiger partial charge >= 0.3 is 0 Å². The topological polar surface area (TPSA) is 32.3 Å². The Morgan fingerprint density at radius 1 is 1.54 bits per heavy atom. The van der Waals surface area contributed by atoms with Gasteiger partial charge in [0.2, 0.25) is 0 Å². The van der Waals surface area contributed by atoms with E-state index in [1.165, 1.54) is 0 Å². The van der Waals surface area contributed by atoms with Crippen LogP contribution in [0.15, 0.2) is 0 Å². The number of terminal acetylenes is 1. The van der Waals surface area contributed by atoms with Crippen LogP contribution in [0, 0.1) is 12.3 Å². The lowest BCUT2D eigenvalue weighted by Gasteiger charge is -2.20. The van der Waals surface area contributed by atoms with Crippen LogP contribution in [0.3, 0.4) is 0 Å². The maximum Gasteiger partial charge on any atom is 0.0603 e. The third kappa shape index (κ3) is 7.83. The zero-order chi connectivity index (χ0) is 10.3. The second kappa shape index (κ2) is 6.01. The second-order valence-corrected chi connectivity index (χ2v) is 4.03. The second-order valence-electron chi connectivity index (χ2n) is 4.03. The molecule has 0 aromatic carbocycles. The highest BCUT2D eigenvalue weighted by Crippen LogP contribution is 2.06. The van der Waals surface area contributed by atoms with Crippen LogP contribution in [0.2, 0.25) is 0 Å². The molecule has 0 aliphatic heterocycles. The van der Waals surface area contributed by atoms with E-state index < -0.39 is 5.60 Å². The fourth-order valence-electron chi connectivity index (χ4n) is 1.09. The van der Waals surface area contributed by atoms with Crippen LogP contribution >= 0.6 is 0 Å². The molecule has 1 unspecified atom stereocenters. The van der Waals surface area contributed by atoms with Gasteiger partial charge in [0.15, 0.2) is 0 Å². The van der Waals surface area contributed by atoms with E-state index in [0.29, 0.717) is 6.04 Å². The molecule has 0 bridgehead atoms. The van der Waals surface area contributed by atoms with Gasteiger partial charge in [-0.05, 0) is 33.2 Å². The summed E-state index contributed by atoms with van der Waals surface area (Å²) in [5.41, 5.74) is -0.582. The van der Waals surface area contributed by atoms with Crippen molar-refractivity contribution in [2.24, 2.45) is 0 Å². The van der Waals surface area contributed by atoms with Gasteiger partial charge in [-0.15, -0.1) is 12.3 Å². The molecule has 0 radical (unpaired) electrons. The zero-order valence-electron chi connectivity index (χ0n) is 8.93. The van der Waals surface area contributed by atoms with E-state index in [4.69, 9.17) is 6.42 Å². The Labute approximate surface area is 81.7 Å². The summed E-state index contributed by atoms with van der Waals surface area (Å²) in [5, 5.41) is 12.8. The van der Waals surface area contributed by atoms with Crippen molar-refractivity contribution in [2.75, 3.05) is 6.54 Å². The number of nitrogens with one attached hydrogen (secondary N) is 1. The molecule has 2 nitrogen and oxygen atoms in total. The van der Waals surface area contributed by atoms with E-state index in [-0.39, 0.29) is 0 Å². The van der Waals surface area contributed by atoms with Crippen LogP contribution in [0.1, 0.15) is 40.0 Å². The lowest BCUT2D eigenvalue weighted by molar-refractivity contribution is 0.0703. The highest BCUT2D eigenvalue weighted by molar-refractivity contribution is 4.89. The summed E-state index contributed by atoms with van der Waals surface area (Å²) in [6.07, 6.45) is 7.79. The van der Waals surface area contributed by atoms with E-state index in [9.17, 15) is 5.11 Å². The Bertz CT molecular complexity index is 164. The van der Waals surface area contributed by atoms with E-state index >= 15 is 0 Å². The maximum atomic E-state index is 9.45. The summed E-state index contributed by atoms with van der Waals surface area (Å²) < 4.78 is 0. The van der Waals surface area contributed by atoms with Gasteiger partial charge in [-0.25, -0.2) is 0 Å². The standard InChI is InChI=1S/C11H21NO/c1-5-7-10(6-2)12-9-8-11(3,4)13/h1,10,12-13H,6-9H2,2-4H3. The van der Waals surface area contributed by atoms with Crippen LogP contribution in [0.5, 0.6) is 0 Å². The molecular formula is C11H21NO. The fraction of sp³-hybridized carbons (Fsp3) is 0.818. The van der Waals surface area contributed by atoms with E-state index in [0.717, 1.165) is 25.8 Å². The molecule has 0 saturated carbocycles. The Morgan fingerprint density at radius 2 is 2.15 bits per heavy atom. The molecule has 0 rings (SSSR count). The van der Waals surface area contributed by atoms with Gasteiger partial charge in [0.25, 0.3) is 0 Å². The molecule has 0 spiro atoms. The van der Waals surface area contributed by atoms with Crippen LogP contribution in [0.25, 0.3) is 0 Å². The van der Waals surface area contributed by atoms with Crippen molar-refractivity contribution >= 4 is 0 Å². The highest BCUT2D eigenvalue weighted by Gasteiger charge is 2.12. The van der Waals surface area contributed by atoms with Crippen LogP contribution in [-0.4, -0.2) is 23.3 Å². The van der Waals surface area contributed by atoms with Gasteiger partial charge < -0.3 is 10.4 Å². The van der Waals surface area contributed by atoms with Gasteiger partial charge in [-0.3, -0.25) is 0 Å². The monoisotopic (exact) mass is 183 g/mol. The largest absolute Gasteiger partial charge is 0.390 e. The normalized spacial score (nSPS) is 13.8. The van der Waals surface area contributed by atoms with Crippen LogP contribution < -0.4 is 5.32 Å². The predicted molar refractivity (Wildman–Crippen MR) is 56.4 cm³/mol. The number of rotatable bonds is 6. The van der Waals surface area contributed by atoms with Gasteiger partial charge in [-0.2, -0.15) is 0 Å². The first kappa shape index (κ1) is 12.5. The maximum absolute atomic E-state index is 9.45. The first-order valence-corrected chi connectivity index (χ1v) is 4.89. The van der Waals surface area contributed by atoms with Crippen molar-refractivity contribution in [1.29, 1.82) is 0 Å². The average Bonchev–Trinajstić information content (AvgIpc) is 2.01. The first-order valence-electron chi connectivity index (χ1n) is 4.89. The molecule has 0 amide bonds. The van der Waals surface area contributed by atoms with E-state index in [1.807, 2.05) is 13.8 Å². The van der Waals surface area contributed by atoms with Crippen molar-refractivity contribution in [3.63, 3.8) is 0 Å². The zero-order valence-corrected chi connectivity index (χ0v) is 8.93. The molecule has 13 heavy (non-hydrogen) atoms. The lowest BCUT2D eigenvalue weighted by atomic mass is 10.1. The molecule has 2 N–H and O–H groups in total. The van der Waals surface area contributed by atoms with Gasteiger partial charge in [0.05, 0.1) is 5.60 Å². The molecule has 76 valence electrons. The van der Waals surface area contributed by atoms with Crippen molar-refractivity contribution in [2.45, 2.75) is 51.7 Å². The summed E-state index contributed by atoms with van der Waals surface area (Å²) in [6.45, 7) is 6.57. The first-order chi connectivity index (χ1) is 5.99. The van der Waals surface area contributed by atoms with Crippen LogP contribution in [-0.2, 0) is 0 Å². The highest BCUT2D eigenvalue weighted by atomic mass is 16.3. The minimum atomic E-state index is -0.582. The van der Waals surface area contributed by atoms with Gasteiger partial charge in [-0.1, -0.05) is 6.92 Å². The summed E-state index contributed by atoms with van der Waals surface area (Å²) >= 11 is 0. The molecule has 0 aromatic rings. The summed E-state index contributed by atoms with van der Waals surface area (Å²) in [4.78, 5) is 0. The molecule has 1 atom stereocenters. The molecule has 2 heteroatoms. The van der Waals surface area contributed by atoms with Gasteiger partial charge in [0, 0.05) is 12.5 Å². The minimum absolute atomic E-state index is 0.396. The third-order valence-electron chi connectivity index (χ3n) is 2.03. The third-order valence-corrected chi connectivity index (χ3v) is 2.03. The van der Waals surface area contributed by atoms with Crippen molar-refractivity contribution in [3.8, 4) is 12.3 Å². The fourth-order valence-corrected chi connectivity index (χ4v) is 1.09. The Kier molecular flexibility index (Phi) is 5.77. The number of hydrogen-bond acceptors (Lipinski definition) is 2. The number of hydrogen-bond donors (Lipinski definition) is 2. The quantitative estimate of drug-likeness (QED) is 0.612. The van der Waals surface area contributed by atoms with Crippen molar-refractivity contribution in [3.05, 3.63) is 0 Å². The SMILES string of the molecule is C#CCC(CC)NCCC(C)(C)O. The van der Waals surface area contributed by atoms with Crippen molar-refractivity contribution in [1.82, 2.24) is 5.32 Å². The molecule has 0 fully saturated rings. The van der Waals surface area contributed by atoms with E-state index in [1.54, 1.807) is 0 Å². The Balaban J connectivity index is 3.56. The predicted octanol–water partition coefficient (Wildman–Crippen LogP) is 1.54. The molecule has 0 aliphatic carbocycles. The number of aliphatic hydroxyl groups is 1. The summed E-state index contributed by atoms with van der Waals surface area (Å²) in [5.74, 6) is 2.64. The van der Waals surface area contributed by atoms with Crippen LogP contribution in [0.4, 0.5) is 0 Å². The minimum Gasteiger partial charge on any atom is -0.390 e. The summed E-state index contributed by atoms with van der Waals surface area (Å²) in [6, 6.07) is 0.396. The molecule has 0 heterocycles. The summed E-state index contributed by atoms with van der Waals surface area (Å²) in [7, 11) is 0. The van der Waals surface area contributed by atoms with E-state index in [2.05, 4.69) is 18.2 Å².